The highest BCUT2D eigenvalue weighted by molar-refractivity contribution is 5.46. The summed E-state index contributed by atoms with van der Waals surface area (Å²) in [4.78, 5) is 4.51. The number of imidazole rings is 1. The van der Waals surface area contributed by atoms with E-state index in [2.05, 4.69) is 14.9 Å². The van der Waals surface area contributed by atoms with E-state index in [0.717, 1.165) is 18.5 Å². The SMILES string of the molecule is CNC(C)c1c(F)cccc1-n1cnc2c1CCCC2. The van der Waals surface area contributed by atoms with Crippen LogP contribution < -0.4 is 5.32 Å². The fourth-order valence-electron chi connectivity index (χ4n) is 2.99. The standard InChI is InChI=1S/C16H20FN3/c1-11(18-2)16-12(17)6-5-9-15(16)20-10-19-13-7-3-4-8-14(13)20/h5-6,9-11,18H,3-4,7-8H2,1-2H3. The average molecular weight is 273 g/mol. The van der Waals surface area contributed by atoms with Gasteiger partial charge in [0.25, 0.3) is 0 Å². The second kappa shape index (κ2) is 5.37. The largest absolute Gasteiger partial charge is 0.313 e. The van der Waals surface area contributed by atoms with Crippen molar-refractivity contribution < 1.29 is 4.39 Å². The van der Waals surface area contributed by atoms with E-state index < -0.39 is 0 Å². The lowest BCUT2D eigenvalue weighted by molar-refractivity contribution is 0.557. The first kappa shape index (κ1) is 13.3. The Labute approximate surface area is 118 Å². The molecule has 2 aromatic rings. The molecule has 0 spiro atoms. The predicted molar refractivity (Wildman–Crippen MR) is 77.6 cm³/mol. The van der Waals surface area contributed by atoms with Gasteiger partial charge in [0.2, 0.25) is 0 Å². The van der Waals surface area contributed by atoms with Crippen molar-refractivity contribution in [3.8, 4) is 5.69 Å². The third-order valence-electron chi connectivity index (χ3n) is 4.19. The quantitative estimate of drug-likeness (QED) is 0.931. The van der Waals surface area contributed by atoms with Gasteiger partial charge in [-0.1, -0.05) is 6.07 Å². The summed E-state index contributed by atoms with van der Waals surface area (Å²) < 4.78 is 16.3. The highest BCUT2D eigenvalue weighted by atomic mass is 19.1. The molecule has 20 heavy (non-hydrogen) atoms. The summed E-state index contributed by atoms with van der Waals surface area (Å²) in [5, 5.41) is 3.13. The Morgan fingerprint density at radius 3 is 2.90 bits per heavy atom. The summed E-state index contributed by atoms with van der Waals surface area (Å²) in [5.74, 6) is -0.164. The minimum atomic E-state index is -0.164. The molecule has 0 saturated carbocycles. The van der Waals surface area contributed by atoms with Crippen LogP contribution in [0.2, 0.25) is 0 Å². The summed E-state index contributed by atoms with van der Waals surface area (Å²) in [6.07, 6.45) is 6.29. The van der Waals surface area contributed by atoms with Gasteiger partial charge < -0.3 is 9.88 Å². The highest BCUT2D eigenvalue weighted by Crippen LogP contribution is 2.29. The summed E-state index contributed by atoms with van der Waals surface area (Å²) >= 11 is 0. The van der Waals surface area contributed by atoms with Gasteiger partial charge in [0.1, 0.15) is 5.82 Å². The minimum absolute atomic E-state index is 0.0344. The second-order valence-electron chi connectivity index (χ2n) is 5.40. The first-order valence-corrected chi connectivity index (χ1v) is 7.23. The van der Waals surface area contributed by atoms with Crippen LogP contribution in [0.25, 0.3) is 5.69 Å². The van der Waals surface area contributed by atoms with Crippen LogP contribution in [0, 0.1) is 5.82 Å². The van der Waals surface area contributed by atoms with Gasteiger partial charge >= 0.3 is 0 Å². The smallest absolute Gasteiger partial charge is 0.130 e. The summed E-state index contributed by atoms with van der Waals surface area (Å²) in [5.41, 5.74) is 4.03. The number of halogens is 1. The zero-order chi connectivity index (χ0) is 14.1. The van der Waals surface area contributed by atoms with Crippen LogP contribution in [0.15, 0.2) is 24.5 Å². The zero-order valence-corrected chi connectivity index (χ0v) is 12.0. The molecular weight excluding hydrogens is 253 g/mol. The molecule has 0 radical (unpaired) electrons. The molecule has 1 aromatic heterocycles. The molecule has 0 saturated heterocycles. The highest BCUT2D eigenvalue weighted by Gasteiger charge is 2.20. The molecule has 0 bridgehead atoms. The topological polar surface area (TPSA) is 29.9 Å². The van der Waals surface area contributed by atoms with Crippen molar-refractivity contribution in [2.45, 2.75) is 38.6 Å². The maximum Gasteiger partial charge on any atom is 0.130 e. The molecular formula is C16H20FN3. The van der Waals surface area contributed by atoms with Crippen molar-refractivity contribution in [1.82, 2.24) is 14.9 Å². The Bertz CT molecular complexity index is 618. The number of nitrogens with zero attached hydrogens (tertiary/aromatic N) is 2. The number of aromatic nitrogens is 2. The number of aryl methyl sites for hydroxylation is 1. The van der Waals surface area contributed by atoms with Crippen LogP contribution in [-0.2, 0) is 12.8 Å². The maximum absolute atomic E-state index is 14.2. The number of nitrogens with one attached hydrogen (secondary N) is 1. The van der Waals surface area contributed by atoms with Gasteiger partial charge in [0.15, 0.2) is 0 Å². The second-order valence-corrected chi connectivity index (χ2v) is 5.40. The number of benzene rings is 1. The normalized spacial score (nSPS) is 15.9. The molecule has 0 amide bonds. The van der Waals surface area contributed by atoms with Crippen molar-refractivity contribution in [1.29, 1.82) is 0 Å². The molecule has 1 aliphatic carbocycles. The monoisotopic (exact) mass is 273 g/mol. The Kier molecular flexibility index (Phi) is 3.57. The van der Waals surface area contributed by atoms with Crippen LogP contribution in [0.1, 0.15) is 42.8 Å². The van der Waals surface area contributed by atoms with E-state index in [0.29, 0.717) is 5.56 Å². The Morgan fingerprint density at radius 2 is 2.10 bits per heavy atom. The third kappa shape index (κ3) is 2.14. The van der Waals surface area contributed by atoms with Gasteiger partial charge in [-0.15, -0.1) is 0 Å². The molecule has 1 N–H and O–H groups in total. The van der Waals surface area contributed by atoms with Crippen LogP contribution >= 0.6 is 0 Å². The Morgan fingerprint density at radius 1 is 1.30 bits per heavy atom. The fraction of sp³-hybridized carbons (Fsp3) is 0.438. The maximum atomic E-state index is 14.2. The van der Waals surface area contributed by atoms with Crippen LogP contribution in [0.3, 0.4) is 0 Å². The van der Waals surface area contributed by atoms with E-state index in [1.54, 1.807) is 6.07 Å². The Hall–Kier alpha value is -1.68. The molecule has 1 unspecified atom stereocenters. The Balaban J connectivity index is 2.15. The summed E-state index contributed by atoms with van der Waals surface area (Å²) in [6.45, 7) is 1.98. The minimum Gasteiger partial charge on any atom is -0.313 e. The molecule has 1 atom stereocenters. The number of rotatable bonds is 3. The number of hydrogen-bond donors (Lipinski definition) is 1. The zero-order valence-electron chi connectivity index (χ0n) is 12.0. The molecule has 106 valence electrons. The van der Waals surface area contributed by atoms with E-state index in [1.807, 2.05) is 26.4 Å². The van der Waals surface area contributed by atoms with Gasteiger partial charge in [-0.05, 0) is 51.8 Å². The summed E-state index contributed by atoms with van der Waals surface area (Å²) in [6, 6.07) is 5.23. The number of hydrogen-bond acceptors (Lipinski definition) is 2. The first-order valence-electron chi connectivity index (χ1n) is 7.23. The van der Waals surface area contributed by atoms with Gasteiger partial charge in [-0.2, -0.15) is 0 Å². The predicted octanol–water partition coefficient (Wildman–Crippen LogP) is 3.17. The molecule has 0 aliphatic heterocycles. The van der Waals surface area contributed by atoms with Crippen molar-refractivity contribution in [3.63, 3.8) is 0 Å². The molecule has 1 heterocycles. The van der Waals surface area contributed by atoms with Crippen LogP contribution in [-0.4, -0.2) is 16.6 Å². The van der Waals surface area contributed by atoms with Gasteiger partial charge in [-0.25, -0.2) is 9.37 Å². The lowest BCUT2D eigenvalue weighted by atomic mass is 10.00. The van der Waals surface area contributed by atoms with Gasteiger partial charge in [-0.3, -0.25) is 0 Å². The number of fused-ring (bicyclic) bond motifs is 1. The van der Waals surface area contributed by atoms with Gasteiger partial charge in [0, 0.05) is 17.3 Å². The van der Waals surface area contributed by atoms with E-state index in [1.165, 1.54) is 30.3 Å². The molecule has 1 aromatic carbocycles. The lowest BCUT2D eigenvalue weighted by Crippen LogP contribution is -2.17. The van der Waals surface area contributed by atoms with Crippen molar-refractivity contribution in [3.05, 3.63) is 47.3 Å². The molecule has 0 fully saturated rings. The van der Waals surface area contributed by atoms with Crippen LogP contribution in [0.4, 0.5) is 4.39 Å². The van der Waals surface area contributed by atoms with E-state index in [-0.39, 0.29) is 11.9 Å². The molecule has 4 heteroatoms. The van der Waals surface area contributed by atoms with Crippen LogP contribution in [0.5, 0.6) is 0 Å². The molecule has 3 rings (SSSR count). The van der Waals surface area contributed by atoms with Crippen molar-refractivity contribution >= 4 is 0 Å². The fourth-order valence-corrected chi connectivity index (χ4v) is 2.99. The van der Waals surface area contributed by atoms with Crippen molar-refractivity contribution in [2.75, 3.05) is 7.05 Å². The van der Waals surface area contributed by atoms with Crippen molar-refractivity contribution in [2.24, 2.45) is 0 Å². The van der Waals surface area contributed by atoms with E-state index in [9.17, 15) is 4.39 Å². The lowest BCUT2D eigenvalue weighted by Gasteiger charge is -2.20. The van der Waals surface area contributed by atoms with E-state index >= 15 is 0 Å². The average Bonchev–Trinajstić information content (AvgIpc) is 2.90. The molecule has 3 nitrogen and oxygen atoms in total. The third-order valence-corrected chi connectivity index (χ3v) is 4.19. The van der Waals surface area contributed by atoms with Gasteiger partial charge in [0.05, 0.1) is 17.7 Å². The molecule has 1 aliphatic rings. The summed E-state index contributed by atoms with van der Waals surface area (Å²) in [7, 11) is 1.85. The first-order chi connectivity index (χ1) is 9.72. The van der Waals surface area contributed by atoms with E-state index in [4.69, 9.17) is 0 Å².